The molecular formula is C24H31N5O. The normalized spacial score (nSPS) is 15.4. The number of piperazine rings is 1. The molecule has 1 heterocycles. The number of carbonyl (C=O) groups excluding carboxylic acids is 1. The van der Waals surface area contributed by atoms with Crippen LogP contribution in [0, 0.1) is 0 Å². The van der Waals surface area contributed by atoms with Crippen molar-refractivity contribution in [2.24, 2.45) is 4.99 Å². The Morgan fingerprint density at radius 1 is 0.967 bits per heavy atom. The third-order valence-electron chi connectivity index (χ3n) is 5.10. The number of hydrogen-bond acceptors (Lipinski definition) is 3. The monoisotopic (exact) mass is 405 g/mol. The molecule has 0 aromatic heterocycles. The van der Waals surface area contributed by atoms with Crippen molar-refractivity contribution < 1.29 is 4.79 Å². The lowest BCUT2D eigenvalue weighted by atomic mass is 10.2. The third kappa shape index (κ3) is 7.04. The number of rotatable bonds is 7. The zero-order chi connectivity index (χ0) is 21.0. The molecule has 1 fully saturated rings. The first-order chi connectivity index (χ1) is 14.7. The molecule has 30 heavy (non-hydrogen) atoms. The molecule has 1 aliphatic rings. The van der Waals surface area contributed by atoms with E-state index in [1.807, 2.05) is 36.4 Å². The topological polar surface area (TPSA) is 60.0 Å². The van der Waals surface area contributed by atoms with Gasteiger partial charge >= 0.3 is 0 Å². The van der Waals surface area contributed by atoms with Gasteiger partial charge in [-0.05, 0) is 11.1 Å². The number of aliphatic imine (C=N–C) groups is 1. The number of nitrogens with one attached hydrogen (secondary N) is 2. The molecule has 1 amide bonds. The van der Waals surface area contributed by atoms with Crippen LogP contribution < -0.4 is 10.6 Å². The summed E-state index contributed by atoms with van der Waals surface area (Å²) in [6.45, 7) is 5.43. The maximum atomic E-state index is 12.1. The van der Waals surface area contributed by atoms with Crippen LogP contribution in [0.15, 0.2) is 71.7 Å². The molecule has 3 rings (SSSR count). The first-order valence-electron chi connectivity index (χ1n) is 10.4. The summed E-state index contributed by atoms with van der Waals surface area (Å²) in [5, 5.41) is 6.12. The van der Waals surface area contributed by atoms with Crippen LogP contribution in [0.25, 0.3) is 6.08 Å². The van der Waals surface area contributed by atoms with Crippen LogP contribution in [-0.4, -0.2) is 68.0 Å². The Labute approximate surface area is 179 Å². The molecule has 6 nitrogen and oxygen atoms in total. The van der Waals surface area contributed by atoms with Gasteiger partial charge in [-0.2, -0.15) is 0 Å². The minimum atomic E-state index is -0.0373. The Morgan fingerprint density at radius 2 is 1.63 bits per heavy atom. The van der Waals surface area contributed by atoms with Gasteiger partial charge in [-0.25, -0.2) is 0 Å². The molecule has 0 spiro atoms. The highest BCUT2D eigenvalue weighted by atomic mass is 16.1. The summed E-state index contributed by atoms with van der Waals surface area (Å²) in [5.74, 6) is 0.744. The highest BCUT2D eigenvalue weighted by Crippen LogP contribution is 2.05. The van der Waals surface area contributed by atoms with Gasteiger partial charge < -0.3 is 15.5 Å². The van der Waals surface area contributed by atoms with Gasteiger partial charge in [0.25, 0.3) is 0 Å². The van der Waals surface area contributed by atoms with Crippen LogP contribution in [-0.2, 0) is 11.3 Å². The van der Waals surface area contributed by atoms with Gasteiger partial charge in [-0.1, -0.05) is 72.8 Å². The van der Waals surface area contributed by atoms with E-state index in [2.05, 4.69) is 61.8 Å². The molecular weight excluding hydrogens is 374 g/mol. The average Bonchev–Trinajstić information content (AvgIpc) is 2.80. The Balaban J connectivity index is 1.36. The van der Waals surface area contributed by atoms with E-state index < -0.39 is 0 Å². The van der Waals surface area contributed by atoms with Crippen LogP contribution in [0.2, 0.25) is 0 Å². The predicted molar refractivity (Wildman–Crippen MR) is 123 cm³/mol. The summed E-state index contributed by atoms with van der Waals surface area (Å²) in [4.78, 5) is 21.1. The molecule has 6 heteroatoms. The van der Waals surface area contributed by atoms with Gasteiger partial charge in [0.2, 0.25) is 5.91 Å². The van der Waals surface area contributed by atoms with Gasteiger partial charge in [0.1, 0.15) is 0 Å². The van der Waals surface area contributed by atoms with Crippen LogP contribution >= 0.6 is 0 Å². The van der Waals surface area contributed by atoms with Gasteiger partial charge in [0, 0.05) is 46.3 Å². The zero-order valence-electron chi connectivity index (χ0n) is 17.6. The maximum Gasteiger partial charge on any atom is 0.239 e. The molecule has 0 radical (unpaired) electrons. The fourth-order valence-corrected chi connectivity index (χ4v) is 3.39. The van der Waals surface area contributed by atoms with E-state index in [0.717, 1.165) is 44.2 Å². The minimum Gasteiger partial charge on any atom is -0.350 e. The zero-order valence-corrected chi connectivity index (χ0v) is 17.6. The number of carbonyl (C=O) groups is 1. The molecule has 1 aliphatic heterocycles. The smallest absolute Gasteiger partial charge is 0.239 e. The van der Waals surface area contributed by atoms with Crippen LogP contribution in [0.3, 0.4) is 0 Å². The molecule has 2 aromatic carbocycles. The van der Waals surface area contributed by atoms with Crippen molar-refractivity contribution in [3.63, 3.8) is 0 Å². The van der Waals surface area contributed by atoms with E-state index in [1.54, 1.807) is 7.05 Å². The number of hydrogen-bond donors (Lipinski definition) is 2. The van der Waals surface area contributed by atoms with E-state index in [0.29, 0.717) is 6.54 Å². The summed E-state index contributed by atoms with van der Waals surface area (Å²) < 4.78 is 0. The SMILES string of the molecule is CN=C(NCC(=O)NCc1ccccc1)N1CCN(C/C=C/c2ccccc2)CC1. The van der Waals surface area contributed by atoms with Gasteiger partial charge in [-0.15, -0.1) is 0 Å². The molecule has 158 valence electrons. The first-order valence-corrected chi connectivity index (χ1v) is 10.4. The summed E-state index contributed by atoms with van der Waals surface area (Å²) in [7, 11) is 1.76. The van der Waals surface area contributed by atoms with Crippen molar-refractivity contribution in [3.8, 4) is 0 Å². The fourth-order valence-electron chi connectivity index (χ4n) is 3.39. The Morgan fingerprint density at radius 3 is 2.30 bits per heavy atom. The minimum absolute atomic E-state index is 0.0373. The van der Waals surface area contributed by atoms with Crippen molar-refractivity contribution in [1.82, 2.24) is 20.4 Å². The summed E-state index contributed by atoms with van der Waals surface area (Å²) in [6.07, 6.45) is 4.38. The standard InChI is InChI=1S/C24H31N5O/c1-25-24(27-20-23(30)26-19-22-11-6-3-7-12-22)29-17-15-28(16-18-29)14-8-13-21-9-4-2-5-10-21/h2-13H,14-20H2,1H3,(H,25,27)(H,26,30)/b13-8+. The maximum absolute atomic E-state index is 12.1. The Bertz CT molecular complexity index is 827. The molecule has 0 saturated carbocycles. The predicted octanol–water partition coefficient (Wildman–Crippen LogP) is 2.21. The molecule has 1 saturated heterocycles. The van der Waals surface area contributed by atoms with Gasteiger partial charge in [-0.3, -0.25) is 14.7 Å². The number of benzene rings is 2. The van der Waals surface area contributed by atoms with Crippen molar-refractivity contribution in [2.45, 2.75) is 6.54 Å². The Hall–Kier alpha value is -3.12. The summed E-state index contributed by atoms with van der Waals surface area (Å²) >= 11 is 0. The highest BCUT2D eigenvalue weighted by molar-refractivity contribution is 5.86. The van der Waals surface area contributed by atoms with E-state index >= 15 is 0 Å². The second-order valence-corrected chi connectivity index (χ2v) is 7.26. The number of amides is 1. The molecule has 0 unspecified atom stereocenters. The van der Waals surface area contributed by atoms with Crippen molar-refractivity contribution >= 4 is 17.9 Å². The second-order valence-electron chi connectivity index (χ2n) is 7.26. The van der Waals surface area contributed by atoms with Crippen molar-refractivity contribution in [2.75, 3.05) is 46.3 Å². The average molecular weight is 406 g/mol. The second kappa shape index (κ2) is 11.8. The number of guanidine groups is 1. The summed E-state index contributed by atoms with van der Waals surface area (Å²) in [6, 6.07) is 20.3. The lowest BCUT2D eigenvalue weighted by Crippen LogP contribution is -2.53. The van der Waals surface area contributed by atoms with E-state index in [-0.39, 0.29) is 12.5 Å². The van der Waals surface area contributed by atoms with Crippen LogP contribution in [0.1, 0.15) is 11.1 Å². The summed E-state index contributed by atoms with van der Waals surface area (Å²) in [5.41, 5.74) is 2.32. The van der Waals surface area contributed by atoms with E-state index in [9.17, 15) is 4.79 Å². The molecule has 0 aliphatic carbocycles. The molecule has 0 bridgehead atoms. The first kappa shape index (κ1) is 21.6. The van der Waals surface area contributed by atoms with Gasteiger partial charge in [0.05, 0.1) is 6.54 Å². The number of nitrogens with zero attached hydrogens (tertiary/aromatic N) is 3. The van der Waals surface area contributed by atoms with E-state index in [1.165, 1.54) is 5.56 Å². The van der Waals surface area contributed by atoms with Crippen LogP contribution in [0.5, 0.6) is 0 Å². The quantitative estimate of drug-likeness (QED) is 0.548. The largest absolute Gasteiger partial charge is 0.350 e. The molecule has 0 atom stereocenters. The lowest BCUT2D eigenvalue weighted by molar-refractivity contribution is -0.120. The fraction of sp³-hybridized carbons (Fsp3) is 0.333. The van der Waals surface area contributed by atoms with Crippen molar-refractivity contribution in [1.29, 1.82) is 0 Å². The van der Waals surface area contributed by atoms with Gasteiger partial charge in [0.15, 0.2) is 5.96 Å². The third-order valence-corrected chi connectivity index (χ3v) is 5.10. The van der Waals surface area contributed by atoms with Crippen molar-refractivity contribution in [3.05, 3.63) is 77.9 Å². The Kier molecular flexibility index (Phi) is 8.47. The highest BCUT2D eigenvalue weighted by Gasteiger charge is 2.19. The lowest BCUT2D eigenvalue weighted by Gasteiger charge is -2.36. The van der Waals surface area contributed by atoms with E-state index in [4.69, 9.17) is 0 Å². The van der Waals surface area contributed by atoms with Crippen LogP contribution in [0.4, 0.5) is 0 Å². The molecule has 2 N–H and O–H groups in total. The molecule has 2 aromatic rings.